The van der Waals surface area contributed by atoms with Crippen molar-refractivity contribution in [1.82, 2.24) is 10.6 Å². The molecular weight excluding hydrogens is 680 g/mol. The van der Waals surface area contributed by atoms with Crippen molar-refractivity contribution in [2.75, 3.05) is 0 Å². The van der Waals surface area contributed by atoms with Crippen molar-refractivity contribution in [3.05, 3.63) is 95.1 Å². The number of halogens is 12. The number of hydrogen-bond acceptors (Lipinski definition) is 5. The molecule has 18 heteroatoms. The average Bonchev–Trinajstić information content (AvgIpc) is 2.94. The first-order valence-corrected chi connectivity index (χ1v) is 13.6. The largest absolute Gasteiger partial charge is 0.470 e. The quantitative estimate of drug-likeness (QED) is 0.238. The van der Waals surface area contributed by atoms with Crippen LogP contribution in [0.4, 0.5) is 52.7 Å². The molecule has 1 heterocycles. The SMILES string of the molecule is CC1(C)NC(C(O)(C(F)(F)F)C(F)(F)F)C(=O)N[C@@](Cc2ccccc2)(c2cc(F)cc(OC(F)(F)C(F)F)c2)c2ccc(F)c(c2)O1. The van der Waals surface area contributed by atoms with Gasteiger partial charge in [0.05, 0.1) is 5.54 Å². The van der Waals surface area contributed by atoms with Gasteiger partial charge in [-0.15, -0.1) is 0 Å². The van der Waals surface area contributed by atoms with Gasteiger partial charge >= 0.3 is 24.9 Å². The number of alkyl halides is 10. The number of fused-ring (bicyclic) bond motifs is 2. The van der Waals surface area contributed by atoms with Gasteiger partial charge in [0.1, 0.15) is 17.6 Å². The molecule has 2 atom stereocenters. The van der Waals surface area contributed by atoms with Gasteiger partial charge in [0.2, 0.25) is 5.91 Å². The van der Waals surface area contributed by atoms with Crippen LogP contribution < -0.4 is 20.1 Å². The summed E-state index contributed by atoms with van der Waals surface area (Å²) in [4.78, 5) is 13.9. The van der Waals surface area contributed by atoms with Crippen LogP contribution in [0.15, 0.2) is 66.7 Å². The minimum Gasteiger partial charge on any atom is -0.470 e. The molecule has 0 saturated carbocycles. The number of hydrogen-bond donors (Lipinski definition) is 3. The zero-order valence-corrected chi connectivity index (χ0v) is 24.4. The van der Waals surface area contributed by atoms with Crippen molar-refractivity contribution in [2.24, 2.45) is 0 Å². The van der Waals surface area contributed by atoms with Crippen LogP contribution in [0.25, 0.3) is 0 Å². The van der Waals surface area contributed by atoms with Crippen molar-refractivity contribution >= 4 is 5.91 Å². The Balaban J connectivity index is 2.11. The molecule has 262 valence electrons. The minimum absolute atomic E-state index is 0.123. The van der Waals surface area contributed by atoms with Crippen LogP contribution in [0, 0.1) is 11.6 Å². The van der Waals surface area contributed by atoms with E-state index in [1.807, 2.05) is 5.32 Å². The Morgan fingerprint density at radius 1 is 0.875 bits per heavy atom. The number of carbonyl (C=O) groups is 1. The maximum absolute atomic E-state index is 15.1. The lowest BCUT2D eigenvalue weighted by molar-refractivity contribution is -0.375. The lowest BCUT2D eigenvalue weighted by Crippen LogP contribution is -2.75. The first-order chi connectivity index (χ1) is 21.9. The number of aliphatic hydroxyl groups is 1. The van der Waals surface area contributed by atoms with Crippen LogP contribution >= 0.6 is 0 Å². The maximum atomic E-state index is 15.1. The Labute approximate surface area is 263 Å². The highest BCUT2D eigenvalue weighted by Crippen LogP contribution is 2.47. The number of nitrogens with one attached hydrogen (secondary N) is 2. The lowest BCUT2D eigenvalue weighted by Gasteiger charge is -2.45. The normalized spacial score (nSPS) is 20.6. The zero-order chi connectivity index (χ0) is 36.1. The second-order valence-corrected chi connectivity index (χ2v) is 11.3. The molecule has 1 amide bonds. The topological polar surface area (TPSA) is 79.8 Å². The lowest BCUT2D eigenvalue weighted by atomic mass is 9.76. The first kappa shape index (κ1) is 36.6. The molecule has 0 fully saturated rings. The van der Waals surface area contributed by atoms with Crippen LogP contribution in [-0.4, -0.2) is 53.3 Å². The summed E-state index contributed by atoms with van der Waals surface area (Å²) < 4.78 is 178. The van der Waals surface area contributed by atoms with Gasteiger partial charge in [0.15, 0.2) is 17.3 Å². The molecule has 0 radical (unpaired) electrons. The third kappa shape index (κ3) is 6.99. The molecule has 2 bridgehead atoms. The standard InChI is InChI=1S/C30H24F12N2O4/c1-25(2)43-22(27(46,29(37,38)39)30(40,41)42)23(45)44-26(14-15-6-4-3-5-7-15,16-8-9-20(32)21(12-16)48-25)17-10-18(31)13-19(11-17)47-28(35,36)24(33)34/h3-13,22,24,43,46H,14H2,1-2H3,(H,44,45)/t22?,26-/m1/s1. The fraction of sp³-hybridized carbons (Fsp3) is 0.367. The van der Waals surface area contributed by atoms with Crippen molar-refractivity contribution in [3.63, 3.8) is 0 Å². The molecule has 3 aromatic carbocycles. The molecule has 0 saturated heterocycles. The third-order valence-corrected chi connectivity index (χ3v) is 7.35. The molecule has 4 rings (SSSR count). The van der Waals surface area contributed by atoms with Gasteiger partial charge in [-0.05, 0) is 54.8 Å². The van der Waals surface area contributed by atoms with Gasteiger partial charge in [-0.25, -0.2) is 8.78 Å². The van der Waals surface area contributed by atoms with Crippen LogP contribution in [0.2, 0.25) is 0 Å². The van der Waals surface area contributed by atoms with E-state index in [4.69, 9.17) is 4.74 Å². The van der Waals surface area contributed by atoms with Gasteiger partial charge in [-0.2, -0.15) is 43.9 Å². The van der Waals surface area contributed by atoms with E-state index in [1.165, 1.54) is 30.3 Å². The summed E-state index contributed by atoms with van der Waals surface area (Å²) >= 11 is 0. The second-order valence-electron chi connectivity index (χ2n) is 11.3. The van der Waals surface area contributed by atoms with Crippen molar-refractivity contribution in [2.45, 2.75) is 68.1 Å². The van der Waals surface area contributed by atoms with Crippen molar-refractivity contribution in [1.29, 1.82) is 0 Å². The molecule has 1 aliphatic heterocycles. The summed E-state index contributed by atoms with van der Waals surface area (Å²) in [5, 5.41) is 14.0. The predicted molar refractivity (Wildman–Crippen MR) is 142 cm³/mol. The first-order valence-electron chi connectivity index (χ1n) is 13.6. The summed E-state index contributed by atoms with van der Waals surface area (Å²) in [6, 6.07) is 6.89. The van der Waals surface area contributed by atoms with E-state index in [0.717, 1.165) is 32.0 Å². The highest BCUT2D eigenvalue weighted by Gasteiger charge is 2.76. The molecule has 48 heavy (non-hydrogen) atoms. The Morgan fingerprint density at radius 3 is 2.04 bits per heavy atom. The molecule has 0 aliphatic carbocycles. The molecule has 1 aliphatic rings. The number of carbonyl (C=O) groups excluding carboxylic acids is 1. The molecule has 3 N–H and O–H groups in total. The predicted octanol–water partition coefficient (Wildman–Crippen LogP) is 6.75. The smallest absolute Gasteiger partial charge is 0.461 e. The van der Waals surface area contributed by atoms with E-state index in [0.29, 0.717) is 12.1 Å². The highest BCUT2D eigenvalue weighted by atomic mass is 19.4. The zero-order valence-electron chi connectivity index (χ0n) is 24.4. The fourth-order valence-corrected chi connectivity index (χ4v) is 5.16. The summed E-state index contributed by atoms with van der Waals surface area (Å²) in [7, 11) is 0. The van der Waals surface area contributed by atoms with Gasteiger partial charge < -0.3 is 19.9 Å². The fourth-order valence-electron chi connectivity index (χ4n) is 5.16. The third-order valence-electron chi connectivity index (χ3n) is 7.35. The van der Waals surface area contributed by atoms with Crippen molar-refractivity contribution < 1.29 is 72.1 Å². The van der Waals surface area contributed by atoms with Gasteiger partial charge in [0, 0.05) is 12.5 Å². The molecule has 6 nitrogen and oxygen atoms in total. The van der Waals surface area contributed by atoms with Crippen LogP contribution in [0.3, 0.4) is 0 Å². The Bertz CT molecular complexity index is 1630. The maximum Gasteiger partial charge on any atom is 0.461 e. The molecule has 0 spiro atoms. The van der Waals surface area contributed by atoms with E-state index in [1.54, 1.807) is 5.32 Å². The Morgan fingerprint density at radius 2 is 1.48 bits per heavy atom. The van der Waals surface area contributed by atoms with Crippen LogP contribution in [-0.2, 0) is 16.8 Å². The molecule has 3 aromatic rings. The summed E-state index contributed by atoms with van der Waals surface area (Å²) in [6.07, 6.45) is -23.6. The number of ether oxygens (including phenoxy) is 2. The van der Waals surface area contributed by atoms with Gasteiger partial charge in [-0.3, -0.25) is 10.1 Å². The van der Waals surface area contributed by atoms with Crippen LogP contribution in [0.5, 0.6) is 11.5 Å². The second kappa shape index (κ2) is 12.4. The van der Waals surface area contributed by atoms with E-state index < -0.39 is 94.4 Å². The summed E-state index contributed by atoms with van der Waals surface area (Å²) in [5.41, 5.74) is -12.0. The molecular formula is C30H24F12N2O4. The van der Waals surface area contributed by atoms with Crippen LogP contribution in [0.1, 0.15) is 30.5 Å². The molecule has 1 unspecified atom stereocenters. The minimum atomic E-state index is -6.61. The average molecular weight is 705 g/mol. The number of rotatable bonds is 7. The number of amides is 1. The van der Waals surface area contributed by atoms with E-state index in [-0.39, 0.29) is 11.6 Å². The van der Waals surface area contributed by atoms with Crippen molar-refractivity contribution in [3.8, 4) is 11.5 Å². The van der Waals surface area contributed by atoms with Gasteiger partial charge in [-0.1, -0.05) is 36.4 Å². The van der Waals surface area contributed by atoms with E-state index >= 15 is 8.78 Å². The van der Waals surface area contributed by atoms with E-state index in [2.05, 4.69) is 4.74 Å². The summed E-state index contributed by atoms with van der Waals surface area (Å²) in [5.74, 6) is -7.10. The Hall–Kier alpha value is -4.19. The monoisotopic (exact) mass is 704 g/mol. The van der Waals surface area contributed by atoms with E-state index in [9.17, 15) is 53.8 Å². The number of benzene rings is 3. The van der Waals surface area contributed by atoms with Gasteiger partial charge in [0.25, 0.3) is 5.60 Å². The summed E-state index contributed by atoms with van der Waals surface area (Å²) in [6.45, 7) is 1.65. The highest BCUT2D eigenvalue weighted by molar-refractivity contribution is 5.85. The Kier molecular flexibility index (Phi) is 9.44. The molecule has 0 aromatic heterocycles.